The van der Waals surface area contributed by atoms with Crippen molar-refractivity contribution in [2.45, 2.75) is 19.3 Å². The van der Waals surface area contributed by atoms with Crippen LogP contribution in [-0.4, -0.2) is 12.5 Å². The van der Waals surface area contributed by atoms with Crippen molar-refractivity contribution >= 4 is 5.91 Å². The van der Waals surface area contributed by atoms with E-state index >= 15 is 0 Å². The summed E-state index contributed by atoms with van der Waals surface area (Å²) in [7, 11) is 0. The average Bonchev–Trinajstić information content (AvgIpc) is 2.32. The van der Waals surface area contributed by atoms with Crippen molar-refractivity contribution < 1.29 is 26.7 Å². The molecule has 0 bridgehead atoms. The van der Waals surface area contributed by atoms with E-state index in [1.165, 1.54) is 0 Å². The molecule has 2 rings (SSSR count). The molecule has 1 fully saturated rings. The third-order valence-corrected chi connectivity index (χ3v) is 3.21. The number of hydrogen-bond donors (Lipinski definition) is 1. The van der Waals surface area contributed by atoms with Crippen LogP contribution in [0, 0.1) is 35.0 Å². The molecule has 1 N–H and O–H groups in total. The maximum atomic E-state index is 13.3. The number of hydrogen-bond acceptors (Lipinski definition) is 1. The number of amides is 1. The normalized spacial score (nSPS) is 15.2. The van der Waals surface area contributed by atoms with Gasteiger partial charge < -0.3 is 5.32 Å². The van der Waals surface area contributed by atoms with Crippen molar-refractivity contribution in [2.75, 3.05) is 6.54 Å². The van der Waals surface area contributed by atoms with Crippen LogP contribution in [0.3, 0.4) is 0 Å². The molecule has 104 valence electrons. The molecule has 0 spiro atoms. The Labute approximate surface area is 105 Å². The Morgan fingerprint density at radius 2 is 1.42 bits per heavy atom. The Kier molecular flexibility index (Phi) is 3.73. The van der Waals surface area contributed by atoms with Gasteiger partial charge in [-0.05, 0) is 18.8 Å². The first-order chi connectivity index (χ1) is 8.93. The van der Waals surface area contributed by atoms with Crippen molar-refractivity contribution in [1.82, 2.24) is 5.32 Å². The average molecular weight is 279 g/mol. The molecule has 0 atom stereocenters. The number of rotatable bonds is 3. The van der Waals surface area contributed by atoms with Crippen LogP contribution in [-0.2, 0) is 0 Å². The lowest BCUT2D eigenvalue weighted by Gasteiger charge is -2.25. The summed E-state index contributed by atoms with van der Waals surface area (Å²) in [6, 6.07) is 0. The zero-order valence-corrected chi connectivity index (χ0v) is 9.70. The molecule has 0 unspecified atom stereocenters. The van der Waals surface area contributed by atoms with E-state index in [2.05, 4.69) is 5.32 Å². The monoisotopic (exact) mass is 279 g/mol. The standard InChI is InChI=1S/C12H10F5NO/c13-7-6(8(14)10(16)11(17)9(7)15)12(19)18-4-5-2-1-3-5/h5H,1-4H2,(H,18,19). The fourth-order valence-electron chi connectivity index (χ4n) is 1.83. The van der Waals surface area contributed by atoms with Gasteiger partial charge in [-0.15, -0.1) is 0 Å². The molecule has 0 heterocycles. The summed E-state index contributed by atoms with van der Waals surface area (Å²) < 4.78 is 65.2. The first kappa shape index (κ1) is 13.8. The first-order valence-corrected chi connectivity index (χ1v) is 5.73. The van der Waals surface area contributed by atoms with Gasteiger partial charge >= 0.3 is 0 Å². The van der Waals surface area contributed by atoms with Crippen LogP contribution < -0.4 is 5.32 Å². The summed E-state index contributed by atoms with van der Waals surface area (Å²) in [5.41, 5.74) is -1.43. The molecule has 7 heteroatoms. The minimum absolute atomic E-state index is 0.165. The van der Waals surface area contributed by atoms with Crippen LogP contribution in [0.4, 0.5) is 22.0 Å². The Bertz CT molecular complexity index is 498. The van der Waals surface area contributed by atoms with E-state index in [4.69, 9.17) is 0 Å². The summed E-state index contributed by atoms with van der Waals surface area (Å²) >= 11 is 0. The Morgan fingerprint density at radius 3 is 1.84 bits per heavy atom. The van der Waals surface area contributed by atoms with Gasteiger partial charge in [0.1, 0.15) is 5.56 Å². The predicted octanol–water partition coefficient (Wildman–Crippen LogP) is 2.91. The van der Waals surface area contributed by atoms with E-state index in [0.29, 0.717) is 0 Å². The Balaban J connectivity index is 2.25. The van der Waals surface area contributed by atoms with Crippen LogP contribution in [0.2, 0.25) is 0 Å². The van der Waals surface area contributed by atoms with E-state index in [9.17, 15) is 26.7 Å². The number of halogens is 5. The highest BCUT2D eigenvalue weighted by Gasteiger charge is 2.30. The van der Waals surface area contributed by atoms with Crippen LogP contribution in [0.5, 0.6) is 0 Å². The molecule has 1 aliphatic rings. The van der Waals surface area contributed by atoms with E-state index in [-0.39, 0.29) is 12.5 Å². The fourth-order valence-corrected chi connectivity index (χ4v) is 1.83. The molecule has 2 nitrogen and oxygen atoms in total. The number of benzene rings is 1. The summed E-state index contributed by atoms with van der Waals surface area (Å²) in [6.07, 6.45) is 2.75. The lowest BCUT2D eigenvalue weighted by molar-refractivity contribution is 0.0927. The summed E-state index contributed by atoms with van der Waals surface area (Å²) in [4.78, 5) is 11.5. The summed E-state index contributed by atoms with van der Waals surface area (Å²) in [5, 5.41) is 2.18. The van der Waals surface area contributed by atoms with Gasteiger partial charge in [-0.25, -0.2) is 22.0 Å². The molecule has 1 aromatic carbocycles. The van der Waals surface area contributed by atoms with Gasteiger partial charge in [0, 0.05) is 6.54 Å². The minimum Gasteiger partial charge on any atom is -0.352 e. The van der Waals surface area contributed by atoms with E-state index < -0.39 is 40.6 Å². The molecule has 0 saturated heterocycles. The van der Waals surface area contributed by atoms with Crippen molar-refractivity contribution in [1.29, 1.82) is 0 Å². The second kappa shape index (κ2) is 5.14. The highest BCUT2D eigenvalue weighted by atomic mass is 19.2. The van der Waals surface area contributed by atoms with Crippen molar-refractivity contribution in [3.63, 3.8) is 0 Å². The SMILES string of the molecule is O=C(NCC1CCC1)c1c(F)c(F)c(F)c(F)c1F. The Hall–Kier alpha value is -1.66. The second-order valence-corrected chi connectivity index (χ2v) is 4.45. The molecule has 1 saturated carbocycles. The number of carbonyl (C=O) groups is 1. The minimum atomic E-state index is -2.27. The first-order valence-electron chi connectivity index (χ1n) is 5.73. The quantitative estimate of drug-likeness (QED) is 0.514. The highest BCUT2D eigenvalue weighted by Crippen LogP contribution is 2.26. The van der Waals surface area contributed by atoms with Gasteiger partial charge in [0.25, 0.3) is 5.91 Å². The molecule has 0 aliphatic heterocycles. The lowest BCUT2D eigenvalue weighted by atomic mass is 9.85. The van der Waals surface area contributed by atoms with Gasteiger partial charge in [0.15, 0.2) is 23.3 Å². The molecule has 1 aliphatic carbocycles. The number of carbonyl (C=O) groups excluding carboxylic acids is 1. The zero-order chi connectivity index (χ0) is 14.2. The molecule has 0 aromatic heterocycles. The molecular weight excluding hydrogens is 269 g/mol. The highest BCUT2D eigenvalue weighted by molar-refractivity contribution is 5.94. The molecule has 1 aromatic rings. The summed E-state index contributed by atoms with van der Waals surface area (Å²) in [5.74, 6) is -11.8. The molecule has 1 amide bonds. The maximum absolute atomic E-state index is 13.3. The lowest BCUT2D eigenvalue weighted by Crippen LogP contribution is -2.33. The van der Waals surface area contributed by atoms with Gasteiger partial charge in [-0.2, -0.15) is 0 Å². The maximum Gasteiger partial charge on any atom is 0.257 e. The third kappa shape index (κ3) is 2.41. The zero-order valence-electron chi connectivity index (χ0n) is 9.70. The van der Waals surface area contributed by atoms with Gasteiger partial charge in [-0.1, -0.05) is 6.42 Å². The van der Waals surface area contributed by atoms with Crippen LogP contribution in [0.15, 0.2) is 0 Å². The van der Waals surface area contributed by atoms with Gasteiger partial charge in [0.2, 0.25) is 5.82 Å². The van der Waals surface area contributed by atoms with Crippen molar-refractivity contribution in [3.8, 4) is 0 Å². The van der Waals surface area contributed by atoms with Crippen molar-refractivity contribution in [2.24, 2.45) is 5.92 Å². The Morgan fingerprint density at radius 1 is 0.947 bits per heavy atom. The topological polar surface area (TPSA) is 29.1 Å². The largest absolute Gasteiger partial charge is 0.352 e. The van der Waals surface area contributed by atoms with Crippen LogP contribution in [0.25, 0.3) is 0 Å². The van der Waals surface area contributed by atoms with E-state index in [1.54, 1.807) is 0 Å². The molecule has 0 radical (unpaired) electrons. The van der Waals surface area contributed by atoms with Crippen LogP contribution in [0.1, 0.15) is 29.6 Å². The van der Waals surface area contributed by atoms with Crippen LogP contribution >= 0.6 is 0 Å². The van der Waals surface area contributed by atoms with Crippen molar-refractivity contribution in [3.05, 3.63) is 34.6 Å². The number of nitrogens with one attached hydrogen (secondary N) is 1. The van der Waals surface area contributed by atoms with Gasteiger partial charge in [-0.3, -0.25) is 4.79 Å². The molecular formula is C12H10F5NO. The van der Waals surface area contributed by atoms with E-state index in [0.717, 1.165) is 19.3 Å². The summed E-state index contributed by atoms with van der Waals surface area (Å²) in [6.45, 7) is 0.165. The third-order valence-electron chi connectivity index (χ3n) is 3.21. The molecule has 19 heavy (non-hydrogen) atoms. The smallest absolute Gasteiger partial charge is 0.257 e. The predicted molar refractivity (Wildman–Crippen MR) is 55.9 cm³/mol. The fraction of sp³-hybridized carbons (Fsp3) is 0.417. The van der Waals surface area contributed by atoms with E-state index in [1.807, 2.05) is 0 Å². The second-order valence-electron chi connectivity index (χ2n) is 4.45. The van der Waals surface area contributed by atoms with Gasteiger partial charge in [0.05, 0.1) is 0 Å².